The molecule has 0 fully saturated rings. The van der Waals surface area contributed by atoms with Gasteiger partial charge in [-0.15, -0.1) is 0 Å². The first kappa shape index (κ1) is 9.27. The maximum Gasteiger partial charge on any atom is 0.0892 e. The normalized spacial score (nSPS) is 11.6. The molecule has 3 N–H and O–H groups in total. The minimum absolute atomic E-state index is 0.204. The maximum atomic E-state index is 4.09. The quantitative estimate of drug-likeness (QED) is 0.703. The van der Waals surface area contributed by atoms with Crippen LogP contribution >= 0.6 is 0 Å². The number of rotatable bonds is 3. The monoisotopic (exact) mass is 164 g/mol. The van der Waals surface area contributed by atoms with Gasteiger partial charge in [0.25, 0.3) is 0 Å². The molecule has 12 heavy (non-hydrogen) atoms. The predicted molar refractivity (Wildman–Crippen MR) is 51.7 cm³/mol. The van der Waals surface area contributed by atoms with Crippen molar-refractivity contribution in [3.63, 3.8) is 0 Å². The van der Waals surface area contributed by atoms with Crippen LogP contribution in [0.4, 0.5) is 0 Å². The summed E-state index contributed by atoms with van der Waals surface area (Å²) in [5.41, 5.74) is 5.70. The summed E-state index contributed by atoms with van der Waals surface area (Å²) in [6, 6.07) is 10.6. The van der Waals surface area contributed by atoms with E-state index in [1.165, 1.54) is 5.56 Å². The van der Waals surface area contributed by atoms with Crippen molar-refractivity contribution in [2.75, 3.05) is 0 Å². The van der Waals surface area contributed by atoms with Crippen molar-refractivity contribution in [3.05, 3.63) is 35.9 Å². The highest BCUT2D eigenvalue weighted by atomic mass is 14.7. The van der Waals surface area contributed by atoms with Crippen LogP contribution in [0.5, 0.6) is 0 Å². The molecule has 0 aliphatic rings. The van der Waals surface area contributed by atoms with Crippen LogP contribution in [0, 0.1) is 0 Å². The lowest BCUT2D eigenvalue weighted by Gasteiger charge is -2.13. The van der Waals surface area contributed by atoms with Gasteiger partial charge in [0.15, 0.2) is 0 Å². The van der Waals surface area contributed by atoms with Gasteiger partial charge in [-0.05, 0) is 25.8 Å². The van der Waals surface area contributed by atoms with E-state index in [9.17, 15) is 0 Å². The van der Waals surface area contributed by atoms with Gasteiger partial charge in [-0.25, -0.2) is 0 Å². The van der Waals surface area contributed by atoms with E-state index >= 15 is 0 Å². The van der Waals surface area contributed by atoms with Crippen LogP contribution in [0.15, 0.2) is 30.3 Å². The van der Waals surface area contributed by atoms with E-state index in [1.807, 2.05) is 0 Å². The Labute approximate surface area is 74.6 Å². The van der Waals surface area contributed by atoms with E-state index in [0.717, 1.165) is 12.8 Å². The first-order valence-corrected chi connectivity index (χ1v) is 4.47. The molecular weight excluding hydrogens is 146 g/mol. The third-order valence-corrected chi connectivity index (χ3v) is 1.93. The molecule has 0 atom stereocenters. The molecule has 0 heterocycles. The fraction of sp³-hybridized carbons (Fsp3) is 0.455. The van der Waals surface area contributed by atoms with Gasteiger partial charge >= 0.3 is 0 Å². The van der Waals surface area contributed by atoms with Crippen LogP contribution in [0.1, 0.15) is 25.8 Å². The molecule has 1 heteroatoms. The SMILES string of the molecule is CC(C)([NH3+])CCc1ccccc1. The number of aryl methyl sites for hydroxylation is 1. The smallest absolute Gasteiger partial charge is 0.0892 e. The number of quaternary nitrogens is 1. The number of hydrogen-bond donors (Lipinski definition) is 1. The highest BCUT2D eigenvalue weighted by molar-refractivity contribution is 5.14. The Hall–Kier alpha value is -0.820. The molecule has 0 aliphatic carbocycles. The van der Waals surface area contributed by atoms with E-state index < -0.39 is 0 Å². The summed E-state index contributed by atoms with van der Waals surface area (Å²) in [7, 11) is 0. The Morgan fingerprint density at radius 3 is 2.25 bits per heavy atom. The molecule has 0 amide bonds. The van der Waals surface area contributed by atoms with E-state index in [0.29, 0.717) is 0 Å². The molecule has 0 aliphatic heterocycles. The lowest BCUT2D eigenvalue weighted by Crippen LogP contribution is -2.69. The van der Waals surface area contributed by atoms with Crippen LogP contribution < -0.4 is 5.73 Å². The predicted octanol–water partition coefficient (Wildman–Crippen LogP) is 1.64. The standard InChI is InChI=1S/C11H17N/c1-11(2,12)9-8-10-6-4-3-5-7-10/h3-7H,8-9,12H2,1-2H3/p+1. The minimum atomic E-state index is 0.204. The third-order valence-electron chi connectivity index (χ3n) is 1.93. The van der Waals surface area contributed by atoms with E-state index in [1.54, 1.807) is 0 Å². The lowest BCUT2D eigenvalue weighted by atomic mass is 9.97. The molecule has 1 aromatic carbocycles. The summed E-state index contributed by atoms with van der Waals surface area (Å²) in [5.74, 6) is 0. The maximum absolute atomic E-state index is 4.09. The zero-order valence-electron chi connectivity index (χ0n) is 8.01. The van der Waals surface area contributed by atoms with Crippen molar-refractivity contribution in [1.82, 2.24) is 0 Å². The van der Waals surface area contributed by atoms with Crippen LogP contribution in [0.25, 0.3) is 0 Å². The molecule has 0 unspecified atom stereocenters. The van der Waals surface area contributed by atoms with Crippen molar-refractivity contribution >= 4 is 0 Å². The van der Waals surface area contributed by atoms with Gasteiger partial charge in [0.2, 0.25) is 0 Å². The highest BCUT2D eigenvalue weighted by Gasteiger charge is 2.13. The average Bonchev–Trinajstić information content (AvgIpc) is 2.02. The van der Waals surface area contributed by atoms with Crippen LogP contribution in [-0.2, 0) is 6.42 Å². The van der Waals surface area contributed by atoms with Gasteiger partial charge in [0, 0.05) is 6.42 Å². The fourth-order valence-corrected chi connectivity index (χ4v) is 1.13. The molecule has 1 aromatic rings. The average molecular weight is 164 g/mol. The van der Waals surface area contributed by atoms with Crippen LogP contribution in [0.2, 0.25) is 0 Å². The Morgan fingerprint density at radius 2 is 1.75 bits per heavy atom. The molecule has 1 rings (SSSR count). The minimum Gasteiger partial charge on any atom is -0.353 e. The van der Waals surface area contributed by atoms with Crippen molar-refractivity contribution in [2.45, 2.75) is 32.2 Å². The molecular formula is C11H18N+. The Bertz CT molecular complexity index is 221. The Kier molecular flexibility index (Phi) is 2.88. The molecule has 0 saturated carbocycles. The van der Waals surface area contributed by atoms with Crippen molar-refractivity contribution in [2.24, 2.45) is 0 Å². The third kappa shape index (κ3) is 3.54. The first-order valence-electron chi connectivity index (χ1n) is 4.47. The van der Waals surface area contributed by atoms with Crippen molar-refractivity contribution in [1.29, 1.82) is 0 Å². The number of benzene rings is 1. The summed E-state index contributed by atoms with van der Waals surface area (Å²) < 4.78 is 0. The van der Waals surface area contributed by atoms with Gasteiger partial charge < -0.3 is 5.73 Å². The van der Waals surface area contributed by atoms with Gasteiger partial charge in [-0.1, -0.05) is 30.3 Å². The van der Waals surface area contributed by atoms with Crippen LogP contribution in [-0.4, -0.2) is 5.54 Å². The van der Waals surface area contributed by atoms with E-state index in [2.05, 4.69) is 49.9 Å². The van der Waals surface area contributed by atoms with Crippen molar-refractivity contribution in [3.8, 4) is 0 Å². The summed E-state index contributed by atoms with van der Waals surface area (Å²) in [6.07, 6.45) is 2.29. The zero-order chi connectivity index (χ0) is 9.03. The zero-order valence-corrected chi connectivity index (χ0v) is 8.01. The van der Waals surface area contributed by atoms with Gasteiger partial charge in [0.05, 0.1) is 5.54 Å². The molecule has 66 valence electrons. The van der Waals surface area contributed by atoms with E-state index in [-0.39, 0.29) is 5.54 Å². The second-order valence-electron chi connectivity index (χ2n) is 4.15. The molecule has 0 radical (unpaired) electrons. The number of hydrogen-bond acceptors (Lipinski definition) is 0. The molecule has 0 aromatic heterocycles. The molecule has 0 spiro atoms. The highest BCUT2D eigenvalue weighted by Crippen LogP contribution is 2.08. The van der Waals surface area contributed by atoms with E-state index in [4.69, 9.17) is 0 Å². The van der Waals surface area contributed by atoms with Crippen molar-refractivity contribution < 1.29 is 5.73 Å². The second-order valence-corrected chi connectivity index (χ2v) is 4.15. The van der Waals surface area contributed by atoms with Crippen LogP contribution in [0.3, 0.4) is 0 Å². The van der Waals surface area contributed by atoms with Gasteiger partial charge in [-0.2, -0.15) is 0 Å². The Morgan fingerprint density at radius 1 is 1.17 bits per heavy atom. The molecule has 0 bridgehead atoms. The summed E-state index contributed by atoms with van der Waals surface area (Å²) >= 11 is 0. The summed E-state index contributed by atoms with van der Waals surface area (Å²) in [6.45, 7) is 4.35. The summed E-state index contributed by atoms with van der Waals surface area (Å²) in [5, 5.41) is 0. The largest absolute Gasteiger partial charge is 0.353 e. The lowest BCUT2D eigenvalue weighted by molar-refractivity contribution is -0.466. The first-order chi connectivity index (χ1) is 5.58. The van der Waals surface area contributed by atoms with Gasteiger partial charge in [-0.3, -0.25) is 0 Å². The molecule has 1 nitrogen and oxygen atoms in total. The molecule has 0 saturated heterocycles. The topological polar surface area (TPSA) is 27.6 Å². The van der Waals surface area contributed by atoms with Gasteiger partial charge in [0.1, 0.15) is 0 Å². The summed E-state index contributed by atoms with van der Waals surface area (Å²) in [4.78, 5) is 0. The second kappa shape index (κ2) is 3.72. The Balaban J connectivity index is 2.44. The fourth-order valence-electron chi connectivity index (χ4n) is 1.13.